The number of hydrogen-bond acceptors (Lipinski definition) is 6. The number of nitrogens with one attached hydrogen (secondary N) is 3. The van der Waals surface area contributed by atoms with E-state index in [1.807, 2.05) is 32.0 Å². The molecule has 4 aromatic heterocycles. The first-order chi connectivity index (χ1) is 15.0. The van der Waals surface area contributed by atoms with Gasteiger partial charge in [-0.3, -0.25) is 14.6 Å². The molecule has 0 aromatic carbocycles. The quantitative estimate of drug-likeness (QED) is 0.411. The van der Waals surface area contributed by atoms with Crippen LogP contribution >= 0.6 is 11.3 Å². The summed E-state index contributed by atoms with van der Waals surface area (Å²) < 4.78 is 0. The lowest BCUT2D eigenvalue weighted by Gasteiger charge is -2.15. The molecule has 0 atom stereocenters. The molecular weight excluding hydrogens is 410 g/mol. The molecule has 0 aliphatic carbocycles. The zero-order chi connectivity index (χ0) is 21.8. The Bertz CT molecular complexity index is 1240. The Morgan fingerprint density at radius 2 is 2.10 bits per heavy atom. The van der Waals surface area contributed by atoms with Gasteiger partial charge < -0.3 is 15.6 Å². The highest BCUT2D eigenvalue weighted by molar-refractivity contribution is 7.21. The van der Waals surface area contributed by atoms with Gasteiger partial charge >= 0.3 is 0 Å². The number of carbonyl (C=O) groups excluding carboxylic acids is 1. The van der Waals surface area contributed by atoms with E-state index in [2.05, 4.69) is 25.6 Å². The lowest BCUT2D eigenvalue weighted by molar-refractivity contribution is 0.0954. The van der Waals surface area contributed by atoms with Gasteiger partial charge in [-0.15, -0.1) is 11.3 Å². The summed E-state index contributed by atoms with van der Waals surface area (Å²) in [6.45, 7) is 4.58. The van der Waals surface area contributed by atoms with Crippen LogP contribution in [-0.2, 0) is 6.42 Å². The number of thiophene rings is 1. The fourth-order valence-electron chi connectivity index (χ4n) is 3.27. The predicted molar refractivity (Wildman–Crippen MR) is 125 cm³/mol. The normalized spacial score (nSPS) is 11.1. The first-order valence-electron chi connectivity index (χ1n) is 10.1. The van der Waals surface area contributed by atoms with Crippen molar-refractivity contribution in [2.24, 2.45) is 0 Å². The summed E-state index contributed by atoms with van der Waals surface area (Å²) in [5.74, 6) is -0.168. The molecule has 7 nitrogen and oxygen atoms in total. The molecule has 4 aromatic rings. The Hall–Kier alpha value is -3.52. The standard InChI is InChI=1S/C23H23N5O2S/c1-14(2)28-21-17-10-19(16-5-6-20(29)26-12-16)31-23(17)27-13-18(21)22(30)25-9-7-15-4-3-8-24-11-15/h3-6,8,10-14H,7,9H2,1-2H3,(H,25,30)(H,26,29)(H,27,28). The summed E-state index contributed by atoms with van der Waals surface area (Å²) in [6.07, 6.45) is 7.55. The van der Waals surface area contributed by atoms with Crippen LogP contribution in [0.15, 0.2) is 59.9 Å². The van der Waals surface area contributed by atoms with Crippen LogP contribution in [0.25, 0.3) is 20.7 Å². The zero-order valence-electron chi connectivity index (χ0n) is 17.3. The monoisotopic (exact) mass is 433 g/mol. The van der Waals surface area contributed by atoms with E-state index in [0.717, 1.165) is 31.9 Å². The van der Waals surface area contributed by atoms with E-state index in [4.69, 9.17) is 0 Å². The number of amides is 1. The maximum absolute atomic E-state index is 13.0. The van der Waals surface area contributed by atoms with Gasteiger partial charge in [-0.05, 0) is 44.0 Å². The van der Waals surface area contributed by atoms with Crippen LogP contribution in [0.2, 0.25) is 0 Å². The first kappa shape index (κ1) is 20.7. The number of anilines is 1. The lowest BCUT2D eigenvalue weighted by Crippen LogP contribution is -2.27. The minimum Gasteiger partial charge on any atom is -0.382 e. The highest BCUT2D eigenvalue weighted by Gasteiger charge is 2.18. The molecule has 158 valence electrons. The van der Waals surface area contributed by atoms with Crippen molar-refractivity contribution in [1.82, 2.24) is 20.3 Å². The fraction of sp³-hybridized carbons (Fsp3) is 0.217. The van der Waals surface area contributed by atoms with Gasteiger partial charge in [0.25, 0.3) is 5.91 Å². The minimum atomic E-state index is -0.168. The molecule has 0 unspecified atom stereocenters. The number of H-pyrrole nitrogens is 1. The number of nitrogens with zero attached hydrogens (tertiary/aromatic N) is 2. The van der Waals surface area contributed by atoms with Gasteiger partial charge in [-0.25, -0.2) is 4.98 Å². The molecule has 0 aliphatic rings. The van der Waals surface area contributed by atoms with Crippen LogP contribution in [0.5, 0.6) is 0 Å². The molecule has 0 bridgehead atoms. The molecule has 0 fully saturated rings. The summed E-state index contributed by atoms with van der Waals surface area (Å²) in [5, 5.41) is 7.29. The molecule has 0 saturated heterocycles. The Morgan fingerprint density at radius 3 is 2.81 bits per heavy atom. The van der Waals surface area contributed by atoms with E-state index in [-0.39, 0.29) is 17.5 Å². The second kappa shape index (κ2) is 9.09. The van der Waals surface area contributed by atoms with Crippen molar-refractivity contribution >= 4 is 33.1 Å². The third kappa shape index (κ3) is 4.80. The molecule has 4 rings (SSSR count). The molecule has 1 amide bonds. The average Bonchev–Trinajstić information content (AvgIpc) is 3.19. The lowest BCUT2D eigenvalue weighted by atomic mass is 10.1. The van der Waals surface area contributed by atoms with E-state index >= 15 is 0 Å². The maximum atomic E-state index is 13.0. The Balaban J connectivity index is 1.63. The number of rotatable bonds is 7. The summed E-state index contributed by atoms with van der Waals surface area (Å²) in [6, 6.07) is 9.31. The number of aromatic nitrogens is 3. The molecule has 3 N–H and O–H groups in total. The van der Waals surface area contributed by atoms with Crippen molar-refractivity contribution in [1.29, 1.82) is 0 Å². The van der Waals surface area contributed by atoms with Crippen LogP contribution in [0.3, 0.4) is 0 Å². The van der Waals surface area contributed by atoms with Gasteiger partial charge in [-0.2, -0.15) is 0 Å². The van der Waals surface area contributed by atoms with Crippen molar-refractivity contribution in [3.8, 4) is 10.4 Å². The van der Waals surface area contributed by atoms with Gasteiger partial charge in [0.05, 0.1) is 11.3 Å². The summed E-state index contributed by atoms with van der Waals surface area (Å²) in [4.78, 5) is 37.5. The van der Waals surface area contributed by atoms with Crippen LogP contribution in [0, 0.1) is 0 Å². The number of hydrogen-bond donors (Lipinski definition) is 3. The van der Waals surface area contributed by atoms with Gasteiger partial charge in [-0.1, -0.05) is 6.07 Å². The molecule has 4 heterocycles. The molecule has 0 aliphatic heterocycles. The number of fused-ring (bicyclic) bond motifs is 1. The van der Waals surface area contributed by atoms with Crippen molar-refractivity contribution in [2.75, 3.05) is 11.9 Å². The van der Waals surface area contributed by atoms with Crippen LogP contribution < -0.4 is 16.2 Å². The van der Waals surface area contributed by atoms with E-state index in [9.17, 15) is 9.59 Å². The number of pyridine rings is 3. The molecule has 0 radical (unpaired) electrons. The summed E-state index contributed by atoms with van der Waals surface area (Å²) >= 11 is 1.52. The zero-order valence-corrected chi connectivity index (χ0v) is 18.1. The van der Waals surface area contributed by atoms with E-state index < -0.39 is 0 Å². The Kier molecular flexibility index (Phi) is 6.08. The van der Waals surface area contributed by atoms with Gasteiger partial charge in [0.2, 0.25) is 5.56 Å². The summed E-state index contributed by atoms with van der Waals surface area (Å²) in [5.41, 5.74) is 3.11. The van der Waals surface area contributed by atoms with Crippen molar-refractivity contribution in [3.63, 3.8) is 0 Å². The van der Waals surface area contributed by atoms with Crippen molar-refractivity contribution in [3.05, 3.63) is 76.6 Å². The minimum absolute atomic E-state index is 0.143. The van der Waals surface area contributed by atoms with Crippen LogP contribution in [0.1, 0.15) is 29.8 Å². The first-order valence-corrected chi connectivity index (χ1v) is 10.9. The van der Waals surface area contributed by atoms with E-state index in [0.29, 0.717) is 18.5 Å². The third-order valence-corrected chi connectivity index (χ3v) is 5.82. The highest BCUT2D eigenvalue weighted by atomic mass is 32.1. The van der Waals surface area contributed by atoms with Crippen LogP contribution in [-0.4, -0.2) is 33.4 Å². The van der Waals surface area contributed by atoms with Crippen molar-refractivity contribution < 1.29 is 4.79 Å². The summed E-state index contributed by atoms with van der Waals surface area (Å²) in [7, 11) is 0. The maximum Gasteiger partial charge on any atom is 0.254 e. The second-order valence-corrected chi connectivity index (χ2v) is 8.51. The molecular formula is C23H23N5O2S. The van der Waals surface area contributed by atoms with Gasteiger partial charge in [0, 0.05) is 59.3 Å². The Labute approximate surface area is 183 Å². The van der Waals surface area contributed by atoms with Crippen molar-refractivity contribution in [2.45, 2.75) is 26.3 Å². The number of aromatic amines is 1. The molecule has 8 heteroatoms. The average molecular weight is 434 g/mol. The number of carbonyl (C=O) groups is 1. The van der Waals surface area contributed by atoms with Crippen LogP contribution in [0.4, 0.5) is 5.69 Å². The third-order valence-electron chi connectivity index (χ3n) is 4.73. The molecule has 31 heavy (non-hydrogen) atoms. The topological polar surface area (TPSA) is 99.8 Å². The Morgan fingerprint density at radius 1 is 1.23 bits per heavy atom. The molecule has 0 spiro atoms. The second-order valence-electron chi connectivity index (χ2n) is 7.48. The SMILES string of the molecule is CC(C)Nc1c(C(=O)NCCc2cccnc2)cnc2sc(-c3ccc(=O)[nH]c3)cc12. The fourth-order valence-corrected chi connectivity index (χ4v) is 4.28. The van der Waals surface area contributed by atoms with E-state index in [1.165, 1.54) is 17.4 Å². The molecule has 0 saturated carbocycles. The smallest absolute Gasteiger partial charge is 0.254 e. The van der Waals surface area contributed by atoms with Gasteiger partial charge in [0.15, 0.2) is 0 Å². The largest absolute Gasteiger partial charge is 0.382 e. The van der Waals surface area contributed by atoms with Gasteiger partial charge in [0.1, 0.15) is 4.83 Å². The highest BCUT2D eigenvalue weighted by Crippen LogP contribution is 2.37. The predicted octanol–water partition coefficient (Wildman–Crippen LogP) is 3.84. The van der Waals surface area contributed by atoms with E-state index in [1.54, 1.807) is 30.9 Å².